The molecule has 0 fully saturated rings. The van der Waals surface area contributed by atoms with Crippen molar-refractivity contribution in [2.45, 2.75) is 27.7 Å². The van der Waals surface area contributed by atoms with Gasteiger partial charge in [-0.2, -0.15) is 0 Å². The maximum absolute atomic E-state index is 12.2. The van der Waals surface area contributed by atoms with E-state index in [1.54, 1.807) is 17.6 Å². The van der Waals surface area contributed by atoms with Gasteiger partial charge in [0.1, 0.15) is 0 Å². The SMILES string of the molecule is C=Cc1c(C(=O)NO)cc(-c2ccc(C(/C=C\C)=C/C=C(C)C)cc2)nc1/C=C\C. The number of hydrogen-bond donors (Lipinski definition) is 2. The summed E-state index contributed by atoms with van der Waals surface area (Å²) in [6.07, 6.45) is 13.5. The monoisotopic (exact) mass is 400 g/mol. The average molecular weight is 401 g/mol. The van der Waals surface area contributed by atoms with E-state index in [1.165, 1.54) is 5.57 Å². The molecule has 0 aliphatic carbocycles. The predicted octanol–water partition coefficient (Wildman–Crippen LogP) is 6.47. The van der Waals surface area contributed by atoms with Crippen molar-refractivity contribution in [3.05, 3.63) is 95.2 Å². The molecule has 154 valence electrons. The third-order valence-electron chi connectivity index (χ3n) is 4.42. The second kappa shape index (κ2) is 10.9. The van der Waals surface area contributed by atoms with Crippen LogP contribution in [0.15, 0.2) is 72.9 Å². The Morgan fingerprint density at radius 2 is 1.80 bits per heavy atom. The number of amides is 1. The molecule has 0 saturated carbocycles. The van der Waals surface area contributed by atoms with Crippen molar-refractivity contribution in [3.63, 3.8) is 0 Å². The van der Waals surface area contributed by atoms with Crippen LogP contribution in [0.25, 0.3) is 29.0 Å². The van der Waals surface area contributed by atoms with Crippen molar-refractivity contribution in [2.75, 3.05) is 0 Å². The Morgan fingerprint density at radius 1 is 1.10 bits per heavy atom. The van der Waals surface area contributed by atoms with Gasteiger partial charge in [0.2, 0.25) is 0 Å². The van der Waals surface area contributed by atoms with Gasteiger partial charge in [-0.25, -0.2) is 10.5 Å². The fourth-order valence-electron chi connectivity index (χ4n) is 2.99. The fraction of sp³-hybridized carbons (Fsp3) is 0.154. The summed E-state index contributed by atoms with van der Waals surface area (Å²) in [6, 6.07) is 9.68. The zero-order chi connectivity index (χ0) is 22.1. The molecule has 0 radical (unpaired) electrons. The summed E-state index contributed by atoms with van der Waals surface area (Å²) in [5.74, 6) is -0.601. The minimum Gasteiger partial charge on any atom is -0.288 e. The molecule has 0 aliphatic rings. The molecule has 0 saturated heterocycles. The third kappa shape index (κ3) is 5.52. The number of hydroxylamine groups is 1. The summed E-state index contributed by atoms with van der Waals surface area (Å²) in [7, 11) is 0. The van der Waals surface area contributed by atoms with Crippen molar-refractivity contribution in [3.8, 4) is 11.3 Å². The Hall–Kier alpha value is -3.50. The Bertz CT molecular complexity index is 1040. The van der Waals surface area contributed by atoms with Gasteiger partial charge in [-0.1, -0.05) is 72.9 Å². The quantitative estimate of drug-likeness (QED) is 0.318. The molecule has 4 nitrogen and oxygen atoms in total. The van der Waals surface area contributed by atoms with E-state index in [2.05, 4.69) is 38.7 Å². The number of rotatable bonds is 7. The molecule has 1 heterocycles. The highest BCUT2D eigenvalue weighted by molar-refractivity contribution is 5.99. The average Bonchev–Trinajstić information content (AvgIpc) is 2.75. The van der Waals surface area contributed by atoms with Gasteiger partial charge in [-0.3, -0.25) is 10.0 Å². The topological polar surface area (TPSA) is 62.2 Å². The van der Waals surface area contributed by atoms with Gasteiger partial charge in [-0.15, -0.1) is 0 Å². The molecule has 1 amide bonds. The van der Waals surface area contributed by atoms with E-state index in [0.29, 0.717) is 22.5 Å². The van der Waals surface area contributed by atoms with Crippen LogP contribution in [0, 0.1) is 0 Å². The van der Waals surface area contributed by atoms with Crippen molar-refractivity contribution in [1.29, 1.82) is 0 Å². The van der Waals surface area contributed by atoms with Gasteiger partial charge in [-0.05, 0) is 51.0 Å². The lowest BCUT2D eigenvalue weighted by atomic mass is 9.98. The minimum atomic E-state index is -0.601. The minimum absolute atomic E-state index is 0.313. The molecule has 2 N–H and O–H groups in total. The summed E-state index contributed by atoms with van der Waals surface area (Å²) < 4.78 is 0. The third-order valence-corrected chi connectivity index (χ3v) is 4.42. The first-order valence-corrected chi connectivity index (χ1v) is 9.78. The van der Waals surface area contributed by atoms with Gasteiger partial charge in [0, 0.05) is 11.1 Å². The first-order valence-electron chi connectivity index (χ1n) is 9.78. The number of nitrogens with one attached hydrogen (secondary N) is 1. The van der Waals surface area contributed by atoms with Gasteiger partial charge < -0.3 is 0 Å². The molecule has 2 aromatic rings. The lowest BCUT2D eigenvalue weighted by Crippen LogP contribution is -2.20. The molecule has 1 aromatic heterocycles. The molecule has 30 heavy (non-hydrogen) atoms. The van der Waals surface area contributed by atoms with Crippen molar-refractivity contribution in [1.82, 2.24) is 10.5 Å². The van der Waals surface area contributed by atoms with Crippen LogP contribution in [-0.4, -0.2) is 16.1 Å². The molecule has 0 spiro atoms. The second-order valence-corrected chi connectivity index (χ2v) is 6.94. The first-order chi connectivity index (χ1) is 14.4. The highest BCUT2D eigenvalue weighted by atomic mass is 16.5. The molecular weight excluding hydrogens is 372 g/mol. The van der Waals surface area contributed by atoms with E-state index < -0.39 is 5.91 Å². The molecule has 4 heteroatoms. The highest BCUT2D eigenvalue weighted by Crippen LogP contribution is 2.27. The Morgan fingerprint density at radius 3 is 2.33 bits per heavy atom. The van der Waals surface area contributed by atoms with E-state index in [0.717, 1.165) is 16.7 Å². The van der Waals surface area contributed by atoms with E-state index in [-0.39, 0.29) is 0 Å². The van der Waals surface area contributed by atoms with Crippen LogP contribution in [0.2, 0.25) is 0 Å². The molecule has 0 unspecified atom stereocenters. The first kappa shape index (κ1) is 22.8. The van der Waals surface area contributed by atoms with Crippen molar-refractivity contribution >= 4 is 23.6 Å². The van der Waals surface area contributed by atoms with E-state index in [9.17, 15) is 4.79 Å². The second-order valence-electron chi connectivity index (χ2n) is 6.94. The lowest BCUT2D eigenvalue weighted by Gasteiger charge is -2.12. The Balaban J connectivity index is 2.58. The zero-order valence-electron chi connectivity index (χ0n) is 17.9. The molecule has 2 rings (SSSR count). The number of hydrogen-bond acceptors (Lipinski definition) is 3. The number of allylic oxidation sites excluding steroid dienone is 7. The van der Waals surface area contributed by atoms with Gasteiger partial charge in [0.05, 0.1) is 17.0 Å². The largest absolute Gasteiger partial charge is 0.288 e. The molecule has 0 atom stereocenters. The van der Waals surface area contributed by atoms with Crippen molar-refractivity contribution in [2.24, 2.45) is 0 Å². The standard InChI is InChI=1S/C26H28N2O2/c1-6-9-19(12-11-18(4)5)20-13-15-21(16-14-20)25-17-23(26(29)28-30)22(8-3)24(27-25)10-7-2/h6-17,30H,3H2,1-2,4-5H3,(H,28,29)/b9-6-,10-7-,19-12+. The normalized spacial score (nSPS) is 11.7. The summed E-state index contributed by atoms with van der Waals surface area (Å²) in [4.78, 5) is 16.9. The number of benzene rings is 1. The number of carbonyl (C=O) groups excluding carboxylic acids is 1. The van der Waals surface area contributed by atoms with Crippen LogP contribution in [0.3, 0.4) is 0 Å². The lowest BCUT2D eigenvalue weighted by molar-refractivity contribution is 0.0706. The van der Waals surface area contributed by atoms with E-state index in [1.807, 2.05) is 56.3 Å². The van der Waals surface area contributed by atoms with Crippen LogP contribution in [-0.2, 0) is 0 Å². The van der Waals surface area contributed by atoms with Crippen LogP contribution in [0.1, 0.15) is 54.9 Å². The van der Waals surface area contributed by atoms with Crippen LogP contribution in [0.5, 0.6) is 0 Å². The summed E-state index contributed by atoms with van der Waals surface area (Å²) in [6.45, 7) is 11.8. The maximum Gasteiger partial charge on any atom is 0.275 e. The van der Waals surface area contributed by atoms with Gasteiger partial charge in [0.25, 0.3) is 5.91 Å². The number of pyridine rings is 1. The predicted molar refractivity (Wildman–Crippen MR) is 126 cm³/mol. The fourth-order valence-corrected chi connectivity index (χ4v) is 2.99. The Kier molecular flexibility index (Phi) is 8.27. The number of aromatic nitrogens is 1. The number of carbonyl (C=O) groups is 1. The highest BCUT2D eigenvalue weighted by Gasteiger charge is 2.15. The van der Waals surface area contributed by atoms with Crippen molar-refractivity contribution < 1.29 is 10.0 Å². The van der Waals surface area contributed by atoms with Crippen LogP contribution < -0.4 is 5.48 Å². The van der Waals surface area contributed by atoms with Gasteiger partial charge in [0.15, 0.2) is 0 Å². The van der Waals surface area contributed by atoms with Crippen LogP contribution in [0.4, 0.5) is 0 Å². The van der Waals surface area contributed by atoms with E-state index in [4.69, 9.17) is 10.2 Å². The maximum atomic E-state index is 12.2. The smallest absolute Gasteiger partial charge is 0.275 e. The number of nitrogens with zero attached hydrogens (tertiary/aromatic N) is 1. The van der Waals surface area contributed by atoms with Gasteiger partial charge >= 0.3 is 0 Å². The summed E-state index contributed by atoms with van der Waals surface area (Å²) in [5.41, 5.74) is 8.13. The molecule has 0 aliphatic heterocycles. The Labute approximate surface area is 178 Å². The zero-order valence-corrected chi connectivity index (χ0v) is 17.9. The van der Waals surface area contributed by atoms with Crippen LogP contribution >= 0.6 is 0 Å². The summed E-state index contributed by atoms with van der Waals surface area (Å²) >= 11 is 0. The molecular formula is C26H28N2O2. The molecule has 0 bridgehead atoms. The summed E-state index contributed by atoms with van der Waals surface area (Å²) in [5, 5.41) is 9.14. The van der Waals surface area contributed by atoms with E-state index >= 15 is 0 Å². The molecule has 1 aromatic carbocycles.